The minimum atomic E-state index is -3.66. The van der Waals surface area contributed by atoms with Crippen molar-refractivity contribution in [2.75, 3.05) is 19.9 Å². The fraction of sp³-hybridized carbons (Fsp3) is 0.250. The quantitative estimate of drug-likeness (QED) is 0.554. The van der Waals surface area contributed by atoms with Crippen LogP contribution in [0.25, 0.3) is 10.8 Å². The number of benzene rings is 3. The maximum Gasteiger partial charge on any atom is 0.269 e. The Morgan fingerprint density at radius 2 is 1.59 bits per heavy atom. The zero-order valence-electron chi connectivity index (χ0n) is 18.2. The molecule has 0 bridgehead atoms. The Kier molecular flexibility index (Phi) is 5.84. The lowest BCUT2D eigenvalue weighted by molar-refractivity contribution is -0.126. The number of amides is 2. The molecule has 3 aromatic rings. The van der Waals surface area contributed by atoms with Gasteiger partial charge in [-0.2, -0.15) is 4.31 Å². The van der Waals surface area contributed by atoms with E-state index in [2.05, 4.69) is 10.9 Å². The first-order valence-electron chi connectivity index (χ1n) is 10.9. The zero-order valence-corrected chi connectivity index (χ0v) is 19.0. The standard InChI is InChI=1S/C24H23N3O6S/c28-23(25-26-24(29)19-6-8-21-22(14-19)33-15-32-21)17-9-11-27(12-10-17)34(30,31)20-7-5-16-3-1-2-4-18(16)13-20/h1-8,13-14,17H,9-12,15H2,(H,25,28)(H,26,29). The number of carbonyl (C=O) groups is 2. The smallest absolute Gasteiger partial charge is 0.269 e. The second-order valence-electron chi connectivity index (χ2n) is 8.20. The Morgan fingerprint density at radius 1 is 0.853 bits per heavy atom. The highest BCUT2D eigenvalue weighted by Gasteiger charge is 2.32. The molecule has 2 heterocycles. The molecular formula is C24H23N3O6S. The third-order valence-corrected chi connectivity index (χ3v) is 8.01. The van der Waals surface area contributed by atoms with E-state index in [9.17, 15) is 18.0 Å². The summed E-state index contributed by atoms with van der Waals surface area (Å²) in [5, 5.41) is 1.83. The van der Waals surface area contributed by atoms with Gasteiger partial charge in [0.25, 0.3) is 5.91 Å². The third kappa shape index (κ3) is 4.29. The van der Waals surface area contributed by atoms with Crippen LogP contribution in [0, 0.1) is 5.92 Å². The van der Waals surface area contributed by atoms with Crippen molar-refractivity contribution < 1.29 is 27.5 Å². The van der Waals surface area contributed by atoms with Crippen LogP contribution in [0.1, 0.15) is 23.2 Å². The van der Waals surface area contributed by atoms with E-state index in [0.717, 1.165) is 10.8 Å². The van der Waals surface area contributed by atoms with Gasteiger partial charge < -0.3 is 9.47 Å². The molecule has 5 rings (SSSR count). The molecule has 1 fully saturated rings. The number of ether oxygens (including phenoxy) is 2. The van der Waals surface area contributed by atoms with Gasteiger partial charge in [0.05, 0.1) is 4.90 Å². The van der Waals surface area contributed by atoms with Gasteiger partial charge in [-0.15, -0.1) is 0 Å². The van der Waals surface area contributed by atoms with Crippen molar-refractivity contribution in [1.29, 1.82) is 0 Å². The van der Waals surface area contributed by atoms with Crippen LogP contribution in [0.2, 0.25) is 0 Å². The van der Waals surface area contributed by atoms with Gasteiger partial charge in [-0.1, -0.05) is 30.3 Å². The Morgan fingerprint density at radius 3 is 2.38 bits per heavy atom. The number of rotatable bonds is 4. The fourth-order valence-electron chi connectivity index (χ4n) is 4.17. The molecule has 3 aromatic carbocycles. The van der Waals surface area contributed by atoms with E-state index in [0.29, 0.717) is 29.9 Å². The molecule has 1 saturated heterocycles. The number of nitrogens with zero attached hydrogens (tertiary/aromatic N) is 1. The van der Waals surface area contributed by atoms with Gasteiger partial charge in [-0.05, 0) is 53.9 Å². The highest BCUT2D eigenvalue weighted by atomic mass is 32.2. The Hall–Kier alpha value is -3.63. The Bertz CT molecular complexity index is 1370. The number of piperidine rings is 1. The van der Waals surface area contributed by atoms with Crippen LogP contribution in [0.3, 0.4) is 0 Å². The number of nitrogens with one attached hydrogen (secondary N) is 2. The molecule has 2 aliphatic heterocycles. The highest BCUT2D eigenvalue weighted by Crippen LogP contribution is 2.32. The zero-order chi connectivity index (χ0) is 23.7. The monoisotopic (exact) mass is 481 g/mol. The molecule has 0 radical (unpaired) electrons. The molecule has 0 spiro atoms. The number of hydrogen-bond acceptors (Lipinski definition) is 6. The number of carbonyl (C=O) groups excluding carboxylic acids is 2. The third-order valence-electron chi connectivity index (χ3n) is 6.12. The Labute approximate surface area is 196 Å². The summed E-state index contributed by atoms with van der Waals surface area (Å²) in [6.07, 6.45) is 0.719. The van der Waals surface area contributed by atoms with Gasteiger partial charge in [0.15, 0.2) is 11.5 Å². The molecule has 0 aliphatic carbocycles. The van der Waals surface area contributed by atoms with Crippen molar-refractivity contribution >= 4 is 32.6 Å². The summed E-state index contributed by atoms with van der Waals surface area (Å²) in [4.78, 5) is 25.2. The average molecular weight is 482 g/mol. The predicted octanol–water partition coefficient (Wildman–Crippen LogP) is 2.43. The van der Waals surface area contributed by atoms with Crippen molar-refractivity contribution in [3.05, 3.63) is 66.2 Å². The first kappa shape index (κ1) is 22.2. The topological polar surface area (TPSA) is 114 Å². The second-order valence-corrected chi connectivity index (χ2v) is 10.1. The van der Waals surface area contributed by atoms with E-state index in [4.69, 9.17) is 9.47 Å². The van der Waals surface area contributed by atoms with E-state index >= 15 is 0 Å². The van der Waals surface area contributed by atoms with Crippen LogP contribution in [0.4, 0.5) is 0 Å². The van der Waals surface area contributed by atoms with Gasteiger partial charge in [0, 0.05) is 24.6 Å². The summed E-state index contributed by atoms with van der Waals surface area (Å²) in [6.45, 7) is 0.555. The fourth-order valence-corrected chi connectivity index (χ4v) is 5.67. The summed E-state index contributed by atoms with van der Waals surface area (Å²) >= 11 is 0. The van der Waals surface area contributed by atoms with Crippen LogP contribution in [0.15, 0.2) is 65.6 Å². The first-order chi connectivity index (χ1) is 16.4. The van der Waals surface area contributed by atoms with Crippen LogP contribution in [0.5, 0.6) is 11.5 Å². The number of sulfonamides is 1. The lowest BCUT2D eigenvalue weighted by atomic mass is 9.98. The molecule has 10 heteroatoms. The van der Waals surface area contributed by atoms with Crippen molar-refractivity contribution in [3.63, 3.8) is 0 Å². The van der Waals surface area contributed by atoms with E-state index in [1.807, 2.05) is 24.3 Å². The summed E-state index contributed by atoms with van der Waals surface area (Å²) in [6, 6.07) is 17.4. The number of hydrazine groups is 1. The van der Waals surface area contributed by atoms with Gasteiger partial charge in [-0.3, -0.25) is 20.4 Å². The summed E-state index contributed by atoms with van der Waals surface area (Å²) < 4.78 is 38.1. The molecule has 0 unspecified atom stereocenters. The molecule has 34 heavy (non-hydrogen) atoms. The van der Waals surface area contributed by atoms with E-state index in [1.165, 1.54) is 4.31 Å². The molecule has 0 aromatic heterocycles. The molecule has 0 saturated carbocycles. The summed E-state index contributed by atoms with van der Waals surface area (Å²) in [5.74, 6) is -0.204. The van der Waals surface area contributed by atoms with Crippen molar-refractivity contribution in [3.8, 4) is 11.5 Å². The maximum absolute atomic E-state index is 13.1. The van der Waals surface area contributed by atoms with Gasteiger partial charge in [0.1, 0.15) is 0 Å². The highest BCUT2D eigenvalue weighted by molar-refractivity contribution is 7.89. The number of fused-ring (bicyclic) bond motifs is 2. The van der Waals surface area contributed by atoms with Crippen LogP contribution >= 0.6 is 0 Å². The van der Waals surface area contributed by atoms with E-state index in [-0.39, 0.29) is 30.7 Å². The van der Waals surface area contributed by atoms with Gasteiger partial charge in [0.2, 0.25) is 22.7 Å². The van der Waals surface area contributed by atoms with Crippen LogP contribution in [-0.4, -0.2) is 44.4 Å². The predicted molar refractivity (Wildman–Crippen MR) is 124 cm³/mol. The lowest BCUT2D eigenvalue weighted by Gasteiger charge is -2.30. The first-order valence-corrected chi connectivity index (χ1v) is 12.3. The molecule has 176 valence electrons. The second kappa shape index (κ2) is 8.96. The lowest BCUT2D eigenvalue weighted by Crippen LogP contribution is -2.48. The average Bonchev–Trinajstić information content (AvgIpc) is 3.35. The van der Waals surface area contributed by atoms with Gasteiger partial charge in [-0.25, -0.2) is 8.42 Å². The van der Waals surface area contributed by atoms with Gasteiger partial charge >= 0.3 is 0 Å². The van der Waals surface area contributed by atoms with Crippen LogP contribution in [-0.2, 0) is 14.8 Å². The summed E-state index contributed by atoms with van der Waals surface area (Å²) in [5.41, 5.74) is 5.17. The van der Waals surface area contributed by atoms with E-state index < -0.39 is 21.8 Å². The molecular weight excluding hydrogens is 458 g/mol. The normalized spacial score (nSPS) is 16.4. The molecule has 2 amide bonds. The summed E-state index contributed by atoms with van der Waals surface area (Å²) in [7, 11) is -3.66. The Balaban J connectivity index is 1.16. The van der Waals surface area contributed by atoms with E-state index in [1.54, 1.807) is 36.4 Å². The minimum absolute atomic E-state index is 0.104. The van der Waals surface area contributed by atoms with Crippen molar-refractivity contribution in [2.45, 2.75) is 17.7 Å². The SMILES string of the molecule is O=C(NNC(=O)C1CCN(S(=O)(=O)c2ccc3ccccc3c2)CC1)c1ccc2c(c1)OCO2. The maximum atomic E-state index is 13.1. The molecule has 2 N–H and O–H groups in total. The van der Waals surface area contributed by atoms with Crippen molar-refractivity contribution in [2.24, 2.45) is 5.92 Å². The largest absolute Gasteiger partial charge is 0.454 e. The number of hydrogen-bond donors (Lipinski definition) is 2. The molecule has 0 atom stereocenters. The van der Waals surface area contributed by atoms with Crippen molar-refractivity contribution in [1.82, 2.24) is 15.2 Å². The van der Waals surface area contributed by atoms with Crippen LogP contribution < -0.4 is 20.3 Å². The molecule has 2 aliphatic rings. The molecule has 9 nitrogen and oxygen atoms in total. The minimum Gasteiger partial charge on any atom is -0.454 e.